The van der Waals surface area contributed by atoms with Crippen LogP contribution in [0.3, 0.4) is 0 Å². The molecule has 0 unspecified atom stereocenters. The summed E-state index contributed by atoms with van der Waals surface area (Å²) >= 11 is 5.87. The Morgan fingerprint density at radius 3 is 3.09 bits per heavy atom. The van der Waals surface area contributed by atoms with Crippen molar-refractivity contribution in [1.29, 1.82) is 0 Å². The van der Waals surface area contributed by atoms with Crippen LogP contribution in [-0.4, -0.2) is 36.1 Å². The molecule has 0 aliphatic rings. The molecule has 0 atom stereocenters. The molecule has 0 aliphatic carbocycles. The first-order chi connectivity index (χ1) is 11.1. The van der Waals surface area contributed by atoms with E-state index in [1.807, 2.05) is 31.2 Å². The number of H-pyrrole nitrogens is 1. The number of benzene rings is 1. The number of anilines is 1. The summed E-state index contributed by atoms with van der Waals surface area (Å²) in [5, 5.41) is 21.2. The Morgan fingerprint density at radius 2 is 2.30 bits per heavy atom. The summed E-state index contributed by atoms with van der Waals surface area (Å²) in [5.41, 5.74) is 4.93. The van der Waals surface area contributed by atoms with E-state index in [2.05, 4.69) is 36.3 Å². The zero-order valence-corrected chi connectivity index (χ0v) is 12.7. The van der Waals surface area contributed by atoms with Gasteiger partial charge in [0.25, 0.3) is 5.56 Å². The minimum atomic E-state index is -0.481. The summed E-state index contributed by atoms with van der Waals surface area (Å²) < 4.78 is 1.54. The molecule has 3 aromatic rings. The van der Waals surface area contributed by atoms with Crippen molar-refractivity contribution in [2.45, 2.75) is 6.92 Å². The Morgan fingerprint density at radius 1 is 1.43 bits per heavy atom. The molecule has 116 valence electrons. The first kappa shape index (κ1) is 14.9. The van der Waals surface area contributed by atoms with Gasteiger partial charge in [-0.25, -0.2) is 9.78 Å². The summed E-state index contributed by atoms with van der Waals surface area (Å²) in [4.78, 5) is 11.4. The maximum atomic E-state index is 11.4. The number of hydrogen-bond donors (Lipinski definition) is 2. The SMILES string of the molecule is C/C(=N/Nc1cn[nH]c(=O)c1Cl)c1cccc(-n2cnnn2)c1. The van der Waals surface area contributed by atoms with Crippen LogP contribution >= 0.6 is 11.6 Å². The lowest BCUT2D eigenvalue weighted by Crippen LogP contribution is -2.10. The largest absolute Gasteiger partial charge is 0.285 e. The number of hydrogen-bond acceptors (Lipinski definition) is 7. The van der Waals surface area contributed by atoms with Gasteiger partial charge in [0.1, 0.15) is 17.0 Å². The highest BCUT2D eigenvalue weighted by atomic mass is 35.5. The van der Waals surface area contributed by atoms with E-state index < -0.39 is 5.56 Å². The van der Waals surface area contributed by atoms with Crippen LogP contribution in [0.2, 0.25) is 5.02 Å². The molecule has 0 saturated heterocycles. The van der Waals surface area contributed by atoms with E-state index in [0.29, 0.717) is 11.4 Å². The Bertz CT molecular complexity index is 902. The van der Waals surface area contributed by atoms with E-state index in [9.17, 15) is 4.79 Å². The molecule has 2 aromatic heterocycles. The third kappa shape index (κ3) is 3.24. The predicted octanol–water partition coefficient (Wildman–Crippen LogP) is 1.24. The Labute approximate surface area is 135 Å². The average Bonchev–Trinajstić information content (AvgIpc) is 3.10. The van der Waals surface area contributed by atoms with Gasteiger partial charge in [-0.2, -0.15) is 10.2 Å². The summed E-state index contributed by atoms with van der Waals surface area (Å²) in [6.07, 6.45) is 2.89. The molecule has 23 heavy (non-hydrogen) atoms. The zero-order valence-electron chi connectivity index (χ0n) is 11.9. The molecule has 0 spiro atoms. The summed E-state index contributed by atoms with van der Waals surface area (Å²) in [6, 6.07) is 7.52. The van der Waals surface area contributed by atoms with Gasteiger partial charge in [-0.1, -0.05) is 23.7 Å². The van der Waals surface area contributed by atoms with Gasteiger partial charge in [0.15, 0.2) is 0 Å². The maximum absolute atomic E-state index is 11.4. The monoisotopic (exact) mass is 330 g/mol. The van der Waals surface area contributed by atoms with Crippen molar-refractivity contribution in [2.24, 2.45) is 5.10 Å². The first-order valence-electron chi connectivity index (χ1n) is 6.52. The van der Waals surface area contributed by atoms with Crippen LogP contribution in [0.4, 0.5) is 5.69 Å². The third-order valence-electron chi connectivity index (χ3n) is 3.02. The number of aromatic amines is 1. The summed E-state index contributed by atoms with van der Waals surface area (Å²) in [6.45, 7) is 1.82. The number of nitrogens with one attached hydrogen (secondary N) is 2. The molecule has 10 heteroatoms. The molecular formula is C13H11ClN8O. The van der Waals surface area contributed by atoms with Crippen molar-refractivity contribution in [3.8, 4) is 5.69 Å². The lowest BCUT2D eigenvalue weighted by Gasteiger charge is -2.06. The van der Waals surface area contributed by atoms with Gasteiger partial charge in [-0.15, -0.1) is 5.10 Å². The minimum absolute atomic E-state index is 0.000935. The molecule has 0 fully saturated rings. The van der Waals surface area contributed by atoms with Gasteiger partial charge in [0.2, 0.25) is 0 Å². The molecule has 1 aromatic carbocycles. The van der Waals surface area contributed by atoms with E-state index >= 15 is 0 Å². The van der Waals surface area contributed by atoms with E-state index in [4.69, 9.17) is 11.6 Å². The topological polar surface area (TPSA) is 114 Å². The highest BCUT2D eigenvalue weighted by Gasteiger charge is 2.05. The number of nitrogens with zero attached hydrogens (tertiary/aromatic N) is 6. The molecule has 0 aliphatic heterocycles. The molecule has 0 radical (unpaired) electrons. The molecule has 0 saturated carbocycles. The van der Waals surface area contributed by atoms with E-state index in [1.54, 1.807) is 4.68 Å². The van der Waals surface area contributed by atoms with E-state index in [0.717, 1.165) is 11.3 Å². The Hall–Kier alpha value is -3.07. The standard InChI is InChI=1S/C13H11ClN8O/c1-8(17-18-11-6-15-19-13(23)12(11)14)9-3-2-4-10(5-9)22-7-16-20-21-22/h2-7H,1H3,(H2,18,19,23)/b17-8-. The second-order valence-corrected chi connectivity index (χ2v) is 4.92. The number of rotatable bonds is 4. The smallest absolute Gasteiger partial charge is 0.275 e. The summed E-state index contributed by atoms with van der Waals surface area (Å²) in [7, 11) is 0. The van der Waals surface area contributed by atoms with Crippen LogP contribution in [0, 0.1) is 0 Å². The van der Waals surface area contributed by atoms with Crippen LogP contribution in [-0.2, 0) is 0 Å². The van der Waals surface area contributed by atoms with Gasteiger partial charge < -0.3 is 0 Å². The van der Waals surface area contributed by atoms with Crippen LogP contribution in [0.15, 0.2) is 46.7 Å². The van der Waals surface area contributed by atoms with Gasteiger partial charge in [-0.3, -0.25) is 10.2 Å². The van der Waals surface area contributed by atoms with Crippen molar-refractivity contribution in [2.75, 3.05) is 5.43 Å². The van der Waals surface area contributed by atoms with Crippen LogP contribution in [0.5, 0.6) is 0 Å². The van der Waals surface area contributed by atoms with Gasteiger partial charge in [-0.05, 0) is 35.0 Å². The molecule has 2 N–H and O–H groups in total. The van der Waals surface area contributed by atoms with Gasteiger partial charge >= 0.3 is 0 Å². The van der Waals surface area contributed by atoms with Crippen LogP contribution in [0.1, 0.15) is 12.5 Å². The number of tetrazole rings is 1. The minimum Gasteiger partial charge on any atom is -0.275 e. The third-order valence-corrected chi connectivity index (χ3v) is 3.39. The van der Waals surface area contributed by atoms with Crippen molar-refractivity contribution < 1.29 is 0 Å². The summed E-state index contributed by atoms with van der Waals surface area (Å²) in [5.74, 6) is 0. The van der Waals surface area contributed by atoms with Crippen LogP contribution in [0.25, 0.3) is 5.69 Å². The second-order valence-electron chi connectivity index (χ2n) is 4.54. The lowest BCUT2D eigenvalue weighted by atomic mass is 10.1. The number of hydrazone groups is 1. The number of aromatic nitrogens is 6. The fourth-order valence-corrected chi connectivity index (χ4v) is 1.96. The molecule has 9 nitrogen and oxygen atoms in total. The van der Waals surface area contributed by atoms with E-state index in [1.165, 1.54) is 12.5 Å². The lowest BCUT2D eigenvalue weighted by molar-refractivity contribution is 0.789. The highest BCUT2D eigenvalue weighted by molar-refractivity contribution is 6.32. The van der Waals surface area contributed by atoms with Crippen LogP contribution < -0.4 is 11.0 Å². The molecule has 0 bridgehead atoms. The molecular weight excluding hydrogens is 320 g/mol. The Balaban J connectivity index is 1.85. The zero-order chi connectivity index (χ0) is 16.2. The van der Waals surface area contributed by atoms with E-state index in [-0.39, 0.29) is 5.02 Å². The molecule has 0 amide bonds. The Kier molecular flexibility index (Phi) is 4.11. The first-order valence-corrected chi connectivity index (χ1v) is 6.90. The average molecular weight is 331 g/mol. The number of halogens is 1. The predicted molar refractivity (Wildman–Crippen MR) is 84.9 cm³/mol. The van der Waals surface area contributed by atoms with Gasteiger partial charge in [0, 0.05) is 0 Å². The highest BCUT2D eigenvalue weighted by Crippen LogP contribution is 2.15. The van der Waals surface area contributed by atoms with Crippen molar-refractivity contribution >= 4 is 23.0 Å². The fraction of sp³-hybridized carbons (Fsp3) is 0.0769. The van der Waals surface area contributed by atoms with Crippen molar-refractivity contribution in [3.05, 3.63) is 57.7 Å². The van der Waals surface area contributed by atoms with Crippen molar-refractivity contribution in [1.82, 2.24) is 30.4 Å². The molecule has 3 rings (SSSR count). The van der Waals surface area contributed by atoms with Gasteiger partial charge in [0.05, 0.1) is 17.6 Å². The molecule has 2 heterocycles. The quantitative estimate of drug-likeness (QED) is 0.549. The normalized spacial score (nSPS) is 11.5. The second kappa shape index (κ2) is 6.36. The van der Waals surface area contributed by atoms with Crippen molar-refractivity contribution in [3.63, 3.8) is 0 Å². The maximum Gasteiger partial charge on any atom is 0.285 e. The fourth-order valence-electron chi connectivity index (χ4n) is 1.82.